The SMILES string of the molecule is O=C(Nc1ccc(O)cc1)C1C=CC=C1. The van der Waals surface area contributed by atoms with Crippen LogP contribution in [0.5, 0.6) is 5.75 Å². The van der Waals surface area contributed by atoms with Crippen LogP contribution in [0.1, 0.15) is 0 Å². The zero-order valence-electron chi connectivity index (χ0n) is 8.05. The normalized spacial score (nSPS) is 14.4. The number of carbonyl (C=O) groups is 1. The van der Waals surface area contributed by atoms with E-state index in [9.17, 15) is 4.79 Å². The van der Waals surface area contributed by atoms with Crippen molar-refractivity contribution in [2.75, 3.05) is 5.32 Å². The molecule has 0 aliphatic heterocycles. The first-order valence-electron chi connectivity index (χ1n) is 4.70. The van der Waals surface area contributed by atoms with Crippen LogP contribution in [0.3, 0.4) is 0 Å². The summed E-state index contributed by atoms with van der Waals surface area (Å²) in [6.45, 7) is 0. The smallest absolute Gasteiger partial charge is 0.235 e. The van der Waals surface area contributed by atoms with Gasteiger partial charge in [0.25, 0.3) is 0 Å². The van der Waals surface area contributed by atoms with Gasteiger partial charge in [-0.05, 0) is 24.3 Å². The number of phenolic OH excluding ortho intramolecular Hbond substituents is 1. The Bertz CT molecular complexity index is 406. The van der Waals surface area contributed by atoms with Gasteiger partial charge in [-0.25, -0.2) is 0 Å². The molecule has 3 nitrogen and oxygen atoms in total. The number of carbonyl (C=O) groups excluding carboxylic acids is 1. The lowest BCUT2D eigenvalue weighted by Gasteiger charge is -2.07. The Morgan fingerprint density at radius 2 is 1.73 bits per heavy atom. The van der Waals surface area contributed by atoms with Crippen molar-refractivity contribution in [2.45, 2.75) is 0 Å². The summed E-state index contributed by atoms with van der Waals surface area (Å²) < 4.78 is 0. The maximum Gasteiger partial charge on any atom is 0.235 e. The highest BCUT2D eigenvalue weighted by molar-refractivity contribution is 5.95. The molecule has 0 aromatic heterocycles. The Hall–Kier alpha value is -2.03. The average molecular weight is 201 g/mol. The van der Waals surface area contributed by atoms with Gasteiger partial charge in [0.1, 0.15) is 5.75 Å². The number of hydrogen-bond donors (Lipinski definition) is 2. The summed E-state index contributed by atoms with van der Waals surface area (Å²) in [6.07, 6.45) is 7.35. The van der Waals surface area contributed by atoms with E-state index in [0.717, 1.165) is 0 Å². The number of rotatable bonds is 2. The largest absolute Gasteiger partial charge is 0.508 e. The van der Waals surface area contributed by atoms with Gasteiger partial charge in [0.15, 0.2) is 0 Å². The van der Waals surface area contributed by atoms with Gasteiger partial charge in [-0.1, -0.05) is 24.3 Å². The van der Waals surface area contributed by atoms with Crippen LogP contribution in [0.4, 0.5) is 5.69 Å². The van der Waals surface area contributed by atoms with E-state index in [-0.39, 0.29) is 17.6 Å². The van der Waals surface area contributed by atoms with Crippen molar-refractivity contribution >= 4 is 11.6 Å². The van der Waals surface area contributed by atoms with E-state index in [1.807, 2.05) is 24.3 Å². The summed E-state index contributed by atoms with van der Waals surface area (Å²) in [6, 6.07) is 6.40. The molecule has 0 bridgehead atoms. The minimum absolute atomic E-state index is 0.0642. The molecule has 76 valence electrons. The Kier molecular flexibility index (Phi) is 2.54. The van der Waals surface area contributed by atoms with Gasteiger partial charge < -0.3 is 10.4 Å². The topological polar surface area (TPSA) is 49.3 Å². The van der Waals surface area contributed by atoms with Crippen LogP contribution in [-0.2, 0) is 4.79 Å². The molecule has 2 rings (SSSR count). The molecule has 0 fully saturated rings. The number of benzene rings is 1. The zero-order chi connectivity index (χ0) is 10.7. The van der Waals surface area contributed by atoms with Crippen molar-refractivity contribution in [3.63, 3.8) is 0 Å². The van der Waals surface area contributed by atoms with Crippen molar-refractivity contribution in [1.29, 1.82) is 0 Å². The molecule has 0 radical (unpaired) electrons. The van der Waals surface area contributed by atoms with E-state index in [0.29, 0.717) is 5.69 Å². The number of allylic oxidation sites excluding steroid dienone is 2. The summed E-state index contributed by atoms with van der Waals surface area (Å²) in [5.41, 5.74) is 0.687. The summed E-state index contributed by atoms with van der Waals surface area (Å²) >= 11 is 0. The van der Waals surface area contributed by atoms with Crippen LogP contribution in [0, 0.1) is 5.92 Å². The number of phenols is 1. The Labute approximate surface area is 87.7 Å². The molecule has 1 aliphatic carbocycles. The van der Waals surface area contributed by atoms with Crippen LogP contribution >= 0.6 is 0 Å². The molecule has 0 saturated carbocycles. The quantitative estimate of drug-likeness (QED) is 0.719. The molecule has 15 heavy (non-hydrogen) atoms. The van der Waals surface area contributed by atoms with E-state index >= 15 is 0 Å². The fraction of sp³-hybridized carbons (Fsp3) is 0.0833. The summed E-state index contributed by atoms with van der Waals surface area (Å²) in [7, 11) is 0. The molecular formula is C12H11NO2. The average Bonchev–Trinajstić information content (AvgIpc) is 2.74. The fourth-order valence-corrected chi connectivity index (χ4v) is 1.38. The maximum atomic E-state index is 11.6. The van der Waals surface area contributed by atoms with Crippen LogP contribution in [0.15, 0.2) is 48.6 Å². The third-order valence-electron chi connectivity index (χ3n) is 2.19. The Morgan fingerprint density at radius 1 is 1.13 bits per heavy atom. The van der Waals surface area contributed by atoms with E-state index < -0.39 is 0 Å². The first-order chi connectivity index (χ1) is 7.25. The molecule has 0 unspecified atom stereocenters. The van der Waals surface area contributed by atoms with Crippen LogP contribution < -0.4 is 5.32 Å². The van der Waals surface area contributed by atoms with Gasteiger partial charge >= 0.3 is 0 Å². The molecule has 2 N–H and O–H groups in total. The van der Waals surface area contributed by atoms with Crippen LogP contribution in [0.25, 0.3) is 0 Å². The number of amides is 1. The highest BCUT2D eigenvalue weighted by atomic mass is 16.3. The maximum absolute atomic E-state index is 11.6. The monoisotopic (exact) mass is 201 g/mol. The predicted octanol–water partition coefficient (Wildman–Crippen LogP) is 2.07. The van der Waals surface area contributed by atoms with Gasteiger partial charge in [-0.15, -0.1) is 0 Å². The molecular weight excluding hydrogens is 190 g/mol. The van der Waals surface area contributed by atoms with Crippen LogP contribution in [0.2, 0.25) is 0 Å². The molecule has 3 heteroatoms. The molecule has 1 aromatic carbocycles. The number of anilines is 1. The number of aromatic hydroxyl groups is 1. The summed E-state index contributed by atoms with van der Waals surface area (Å²) in [4.78, 5) is 11.6. The minimum Gasteiger partial charge on any atom is -0.508 e. The second kappa shape index (κ2) is 4.00. The van der Waals surface area contributed by atoms with E-state index in [2.05, 4.69) is 5.32 Å². The standard InChI is InChI=1S/C12H11NO2/c14-11-7-5-10(6-8-11)13-12(15)9-3-1-2-4-9/h1-9,14H,(H,13,15). The molecule has 0 saturated heterocycles. The lowest BCUT2D eigenvalue weighted by molar-refractivity contribution is -0.117. The molecule has 0 spiro atoms. The summed E-state index contributed by atoms with van der Waals surface area (Å²) in [5.74, 6) is -0.0573. The van der Waals surface area contributed by atoms with Gasteiger partial charge in [-0.2, -0.15) is 0 Å². The zero-order valence-corrected chi connectivity index (χ0v) is 8.05. The van der Waals surface area contributed by atoms with Crippen molar-refractivity contribution in [3.05, 3.63) is 48.6 Å². The Balaban J connectivity index is 2.02. The van der Waals surface area contributed by atoms with Gasteiger partial charge in [0, 0.05) is 5.69 Å². The molecule has 1 amide bonds. The minimum atomic E-state index is -0.182. The lowest BCUT2D eigenvalue weighted by atomic mass is 10.1. The third kappa shape index (κ3) is 2.26. The Morgan fingerprint density at radius 3 is 2.33 bits per heavy atom. The van der Waals surface area contributed by atoms with E-state index in [1.165, 1.54) is 12.1 Å². The van der Waals surface area contributed by atoms with E-state index in [4.69, 9.17) is 5.11 Å². The first-order valence-corrected chi connectivity index (χ1v) is 4.70. The molecule has 1 aromatic rings. The number of nitrogens with one attached hydrogen (secondary N) is 1. The predicted molar refractivity (Wildman–Crippen MR) is 58.5 cm³/mol. The van der Waals surface area contributed by atoms with Gasteiger partial charge in [0.05, 0.1) is 5.92 Å². The van der Waals surface area contributed by atoms with Crippen LogP contribution in [-0.4, -0.2) is 11.0 Å². The number of hydrogen-bond acceptors (Lipinski definition) is 2. The third-order valence-corrected chi connectivity index (χ3v) is 2.19. The van der Waals surface area contributed by atoms with Gasteiger partial charge in [-0.3, -0.25) is 4.79 Å². The van der Waals surface area contributed by atoms with Crippen molar-refractivity contribution in [3.8, 4) is 5.75 Å². The van der Waals surface area contributed by atoms with E-state index in [1.54, 1.807) is 12.1 Å². The fourth-order valence-electron chi connectivity index (χ4n) is 1.38. The lowest BCUT2D eigenvalue weighted by Crippen LogP contribution is -2.18. The second-order valence-corrected chi connectivity index (χ2v) is 3.33. The van der Waals surface area contributed by atoms with Crippen molar-refractivity contribution < 1.29 is 9.90 Å². The first kappa shape index (κ1) is 9.52. The second-order valence-electron chi connectivity index (χ2n) is 3.33. The molecule has 0 heterocycles. The van der Waals surface area contributed by atoms with Crippen molar-refractivity contribution in [1.82, 2.24) is 0 Å². The summed E-state index contributed by atoms with van der Waals surface area (Å²) in [5, 5.41) is 11.8. The van der Waals surface area contributed by atoms with Crippen molar-refractivity contribution in [2.24, 2.45) is 5.92 Å². The van der Waals surface area contributed by atoms with Gasteiger partial charge in [0.2, 0.25) is 5.91 Å². The highest BCUT2D eigenvalue weighted by Crippen LogP contribution is 2.16. The molecule has 0 atom stereocenters. The highest BCUT2D eigenvalue weighted by Gasteiger charge is 2.13. The molecule has 1 aliphatic rings.